The number of amides is 6. The number of nitrogens with zero attached hydrogens (tertiary/aromatic N) is 5. The van der Waals surface area contributed by atoms with E-state index in [2.05, 4.69) is 45.4 Å². The SMILES string of the molecule is C/C(NCC12CC3(C)CC(C)(C1)CC(OCCN(CCS(=O)(=O)O)C(=O)OCc1ccc(NC(=O)[C@H](C)NC(=O)[C@@H](NC(=O)CN4C(=O)C=CC4=O)C(C)C)cc1CC[C@@H]1O[C@H](C(=O)O)C[C@H](O)[C@H]1O)(C3)C2)=C(/C=N)c1ccc(N2CCc3cccc(C(O)Nc4nc5ccccc5s4)c3C2)nc1C(=O)O. The maximum absolute atomic E-state index is 14.3. The standard InChI is InChI=1S/C74H91N11O19S2/c1-41(2)61(81-58(87)32-85-59(88)20-21-60(85)89)66(93)77-43(4)64(91)78-47-16-14-46(45(28-47)15-18-54-63(90)53(86)29-55(104-54)67(94)95)33-102-70(98)83(25-27-106(99,100)101)24-26-103-74-37-71(5)34-72(6,38-74)36-73(35-71,39-74)40-76-42(3)50(30-75)48-17-19-57(80-62(48)68(96)97)84-23-22-44-10-9-11-49(51(44)31-84)65(92)82-69-79-52-12-7-8-13-56(52)105-69/h7-14,16-17,19-21,28,30,41,43,53-55,61,63,65,75-76,86,90,92H,15,18,22-27,29,31-40H2,1-6H3,(H,77,93)(H,78,91)(H,79,82)(H,81,87)(H,94,95)(H,96,97)(H,99,100,101)/b50-42+,75-30?/t43-,53-,54-,55-,61-,63+,65?,71?,72?,73?,74?/m0/s1. The number of allylic oxidation sites excluding steroid dienone is 2. The number of hydrogen-bond donors (Lipinski definition) is 12. The summed E-state index contributed by atoms with van der Waals surface area (Å²) in [5.41, 5.74) is 3.84. The molecule has 106 heavy (non-hydrogen) atoms. The number of hydrogen-bond acceptors (Lipinski definition) is 23. The Morgan fingerprint density at radius 1 is 0.877 bits per heavy atom. The number of rotatable bonds is 31. The first-order valence-electron chi connectivity index (χ1n) is 35.3. The molecule has 5 aromatic rings. The number of pyridine rings is 1. The Balaban J connectivity index is 0.751. The summed E-state index contributed by atoms with van der Waals surface area (Å²) in [6.45, 7) is 10.5. The number of aliphatic hydroxyl groups excluding tert-OH is 3. The summed E-state index contributed by atoms with van der Waals surface area (Å²) in [5.74, 6) is -7.20. The lowest BCUT2D eigenvalue weighted by atomic mass is 9.39. The van der Waals surface area contributed by atoms with Crippen molar-refractivity contribution >= 4 is 108 Å². The van der Waals surface area contributed by atoms with Crippen molar-refractivity contribution in [3.8, 4) is 0 Å². The highest BCUT2D eigenvalue weighted by Crippen LogP contribution is 2.71. The molecule has 1 saturated heterocycles. The number of thiazole rings is 1. The maximum atomic E-state index is 14.3. The highest BCUT2D eigenvalue weighted by molar-refractivity contribution is 7.85. The van der Waals surface area contributed by atoms with E-state index in [1.165, 1.54) is 36.5 Å². The number of benzene rings is 3. The Kier molecular flexibility index (Phi) is 23.2. The van der Waals surface area contributed by atoms with Crippen LogP contribution in [0.3, 0.4) is 0 Å². The van der Waals surface area contributed by atoms with E-state index < -0.39 is 137 Å². The Bertz CT molecular complexity index is 4380. The van der Waals surface area contributed by atoms with Crippen LogP contribution in [0.1, 0.15) is 143 Å². The zero-order chi connectivity index (χ0) is 76.4. The molecule has 3 aromatic carbocycles. The van der Waals surface area contributed by atoms with Crippen LogP contribution in [0, 0.1) is 27.6 Å². The third-order valence-corrected chi connectivity index (χ3v) is 22.7. The Morgan fingerprint density at radius 3 is 2.28 bits per heavy atom. The molecule has 3 unspecified atom stereocenters. The number of aliphatic carboxylic acids is 1. The zero-order valence-corrected chi connectivity index (χ0v) is 61.4. The molecule has 6 amide bonds. The minimum atomic E-state index is -4.62. The van der Waals surface area contributed by atoms with Crippen molar-refractivity contribution in [1.29, 1.82) is 5.41 Å². The number of para-hydroxylation sites is 1. The fourth-order valence-electron chi connectivity index (χ4n) is 17.1. The molecule has 4 aliphatic carbocycles. The molecular formula is C74H91N11O19S2. The second-order valence-electron chi connectivity index (χ2n) is 30.1. The average molecular weight is 1500 g/mol. The number of aromatic nitrogens is 2. The molecule has 4 bridgehead atoms. The summed E-state index contributed by atoms with van der Waals surface area (Å²) in [7, 11) is -4.62. The van der Waals surface area contributed by atoms with Crippen molar-refractivity contribution in [2.75, 3.05) is 60.6 Å². The summed E-state index contributed by atoms with van der Waals surface area (Å²) in [5, 5.41) is 77.4. The Hall–Kier alpha value is -9.28. The van der Waals surface area contributed by atoms with Gasteiger partial charge < -0.3 is 81.5 Å². The molecule has 5 fully saturated rings. The first kappa shape index (κ1) is 77.8. The number of carboxylic acid groups (broad SMARTS) is 2. The summed E-state index contributed by atoms with van der Waals surface area (Å²) < 4.78 is 54.0. The summed E-state index contributed by atoms with van der Waals surface area (Å²) in [4.78, 5) is 117. The molecule has 32 heteroatoms. The average Bonchev–Trinajstić information content (AvgIpc) is 0.738. The molecule has 30 nitrogen and oxygen atoms in total. The van der Waals surface area contributed by atoms with Crippen LogP contribution in [-0.2, 0) is 79.1 Å². The van der Waals surface area contributed by atoms with Gasteiger partial charge in [0.05, 0.1) is 40.4 Å². The minimum absolute atomic E-state index is 0.0181. The lowest BCUT2D eigenvalue weighted by Crippen LogP contribution is -2.65. The monoisotopic (exact) mass is 1500 g/mol. The van der Waals surface area contributed by atoms with Gasteiger partial charge in [-0.1, -0.05) is 75.4 Å². The van der Waals surface area contributed by atoms with E-state index in [0.717, 1.165) is 63.9 Å². The predicted octanol–water partition coefficient (Wildman–Crippen LogP) is 6.09. The summed E-state index contributed by atoms with van der Waals surface area (Å²) in [6, 6.07) is 19.0. The number of anilines is 3. The van der Waals surface area contributed by atoms with Crippen molar-refractivity contribution in [1.82, 2.24) is 35.7 Å². The normalized spacial score (nSPS) is 24.9. The van der Waals surface area contributed by atoms with E-state index >= 15 is 0 Å². The number of aromatic carboxylic acids is 1. The van der Waals surface area contributed by atoms with Crippen molar-refractivity contribution in [2.24, 2.45) is 22.2 Å². The van der Waals surface area contributed by atoms with E-state index in [-0.39, 0.29) is 65.6 Å². The fourth-order valence-corrected chi connectivity index (χ4v) is 18.5. The van der Waals surface area contributed by atoms with Gasteiger partial charge in [0.2, 0.25) is 17.7 Å². The highest BCUT2D eigenvalue weighted by atomic mass is 32.2. The smallest absolute Gasteiger partial charge is 0.410 e. The topological polar surface area (TPSA) is 439 Å². The molecule has 4 saturated carbocycles. The highest BCUT2D eigenvalue weighted by Gasteiger charge is 2.66. The van der Waals surface area contributed by atoms with Crippen LogP contribution in [0.2, 0.25) is 0 Å². The fraction of sp³-hybridized carbons (Fsp3) is 0.500. The van der Waals surface area contributed by atoms with Crippen LogP contribution in [-0.4, -0.2) is 199 Å². The molecule has 2 aromatic heterocycles. The molecular weight excluding hydrogens is 1410 g/mol. The van der Waals surface area contributed by atoms with Gasteiger partial charge in [-0.3, -0.25) is 33.4 Å². The summed E-state index contributed by atoms with van der Waals surface area (Å²) >= 11 is 1.44. The van der Waals surface area contributed by atoms with Gasteiger partial charge in [0.15, 0.2) is 23.2 Å². The van der Waals surface area contributed by atoms with Crippen LogP contribution in [0.4, 0.5) is 21.4 Å². The summed E-state index contributed by atoms with van der Waals surface area (Å²) in [6.07, 6.45) is 0.272. The third-order valence-electron chi connectivity index (χ3n) is 21.0. The number of ether oxygens (including phenoxy) is 3. The number of imide groups is 1. The van der Waals surface area contributed by atoms with Crippen molar-refractivity contribution in [2.45, 2.75) is 167 Å². The van der Waals surface area contributed by atoms with Crippen molar-refractivity contribution < 1.29 is 91.1 Å². The second kappa shape index (κ2) is 31.7. The largest absolute Gasteiger partial charge is 0.479 e. The molecule has 3 aliphatic heterocycles. The van der Waals surface area contributed by atoms with Crippen LogP contribution in [0.15, 0.2) is 90.6 Å². The first-order chi connectivity index (χ1) is 50.1. The molecule has 12 rings (SSSR count). The van der Waals surface area contributed by atoms with Crippen LogP contribution >= 0.6 is 11.3 Å². The van der Waals surface area contributed by atoms with Crippen molar-refractivity contribution in [3.05, 3.63) is 130 Å². The van der Waals surface area contributed by atoms with E-state index in [9.17, 15) is 76.9 Å². The maximum Gasteiger partial charge on any atom is 0.410 e. The van der Waals surface area contributed by atoms with E-state index in [0.29, 0.717) is 89.1 Å². The molecule has 568 valence electrons. The van der Waals surface area contributed by atoms with Gasteiger partial charge in [-0.25, -0.2) is 24.4 Å². The molecule has 12 N–H and O–H groups in total. The molecule has 9 atom stereocenters. The number of fused-ring (bicyclic) bond motifs is 2. The van der Waals surface area contributed by atoms with E-state index in [1.54, 1.807) is 26.0 Å². The lowest BCUT2D eigenvalue weighted by Gasteiger charge is -2.69. The Morgan fingerprint density at radius 2 is 1.60 bits per heavy atom. The third kappa shape index (κ3) is 18.0. The molecule has 0 radical (unpaired) electrons. The van der Waals surface area contributed by atoms with E-state index in [1.807, 2.05) is 54.3 Å². The predicted molar refractivity (Wildman–Crippen MR) is 390 cm³/mol. The van der Waals surface area contributed by atoms with Gasteiger partial charge in [0, 0.05) is 85.6 Å². The lowest BCUT2D eigenvalue weighted by molar-refractivity contribution is -0.243. The number of carbonyl (C=O) groups excluding carboxylic acids is 6. The number of carbonyl (C=O) groups is 8. The van der Waals surface area contributed by atoms with E-state index in [4.69, 9.17) is 24.6 Å². The zero-order valence-electron chi connectivity index (χ0n) is 59.8. The number of aryl methyl sites for hydroxylation is 1. The number of carboxylic acids is 2. The van der Waals surface area contributed by atoms with Gasteiger partial charge in [0.1, 0.15) is 37.2 Å². The van der Waals surface area contributed by atoms with Gasteiger partial charge in [-0.05, 0) is 152 Å². The minimum Gasteiger partial charge on any atom is -0.479 e. The Labute approximate surface area is 616 Å². The quantitative estimate of drug-likeness (QED) is 0.0103. The van der Waals surface area contributed by atoms with Crippen LogP contribution in [0.25, 0.3) is 15.8 Å². The van der Waals surface area contributed by atoms with Gasteiger partial charge in [-0.2, -0.15) is 8.42 Å². The second-order valence-corrected chi connectivity index (χ2v) is 32.7. The molecule has 0 spiro atoms. The first-order valence-corrected chi connectivity index (χ1v) is 37.7. The molecule has 5 heterocycles. The number of aliphatic hydroxyl groups is 3. The van der Waals surface area contributed by atoms with Gasteiger partial charge in [-0.15, -0.1) is 0 Å². The number of nitrogens with one attached hydrogen (secondary N) is 6. The van der Waals surface area contributed by atoms with Crippen molar-refractivity contribution in [3.63, 3.8) is 0 Å². The van der Waals surface area contributed by atoms with Crippen LogP contribution < -0.4 is 31.5 Å². The van der Waals surface area contributed by atoms with Crippen LogP contribution in [0.5, 0.6) is 0 Å². The van der Waals surface area contributed by atoms with Gasteiger partial charge in [0.25, 0.3) is 21.9 Å². The molecule has 7 aliphatic rings. The van der Waals surface area contributed by atoms with Gasteiger partial charge >= 0.3 is 18.0 Å².